The highest BCUT2D eigenvalue weighted by atomic mass is 16.3. The first-order valence-electron chi connectivity index (χ1n) is 1.81. The first-order valence-corrected chi connectivity index (χ1v) is 1.81. The molecule has 0 fully saturated rings. The molecule has 3 heteroatoms. The van der Waals surface area contributed by atoms with Crippen molar-refractivity contribution in [3.8, 4) is 0 Å². The highest BCUT2D eigenvalue weighted by molar-refractivity contribution is 5.95. The number of hydrogen-bond donors (Lipinski definition) is 2. The number of hydrogen-bond acceptors (Lipinski definition) is 3. The number of rotatable bonds is 1. The molecular weight excluding hydrogens is 92.1 g/mol. The standard InChI is InChI=1S/C4H8N2O/c1-3(6-5)4(2)7/h7H,2,5H2,1H3/b6-3-. The molecule has 7 heavy (non-hydrogen) atoms. The van der Waals surface area contributed by atoms with Gasteiger partial charge in [-0.25, -0.2) is 0 Å². The third-order valence-corrected chi connectivity index (χ3v) is 0.611. The van der Waals surface area contributed by atoms with Crippen LogP contribution in [0.4, 0.5) is 0 Å². The van der Waals surface area contributed by atoms with Crippen LogP contribution in [0.2, 0.25) is 0 Å². The molecule has 0 unspecified atom stereocenters. The Kier molecular flexibility index (Phi) is 1.91. The fraction of sp³-hybridized carbons (Fsp3) is 0.250. The third-order valence-electron chi connectivity index (χ3n) is 0.611. The van der Waals surface area contributed by atoms with Gasteiger partial charge in [-0.3, -0.25) is 0 Å². The molecule has 0 radical (unpaired) electrons. The molecule has 0 bridgehead atoms. The summed E-state index contributed by atoms with van der Waals surface area (Å²) in [5, 5.41) is 11.6. The number of nitrogens with zero attached hydrogens (tertiary/aromatic N) is 1. The van der Waals surface area contributed by atoms with Crippen LogP contribution in [0.5, 0.6) is 0 Å². The van der Waals surface area contributed by atoms with Gasteiger partial charge in [-0.15, -0.1) is 0 Å². The Morgan fingerprint density at radius 1 is 1.86 bits per heavy atom. The maximum absolute atomic E-state index is 8.42. The predicted octanol–water partition coefficient (Wildman–Crippen LogP) is 0.393. The van der Waals surface area contributed by atoms with Gasteiger partial charge in [0.2, 0.25) is 0 Å². The van der Waals surface area contributed by atoms with Crippen molar-refractivity contribution in [2.45, 2.75) is 6.92 Å². The molecule has 3 N–H and O–H groups in total. The summed E-state index contributed by atoms with van der Waals surface area (Å²) in [5.74, 6) is 4.66. The molecule has 40 valence electrons. The smallest absolute Gasteiger partial charge is 0.131 e. The summed E-state index contributed by atoms with van der Waals surface area (Å²) >= 11 is 0. The Morgan fingerprint density at radius 2 is 2.29 bits per heavy atom. The summed E-state index contributed by atoms with van der Waals surface area (Å²) in [5.41, 5.74) is 0.361. The molecule has 0 atom stereocenters. The molecule has 0 aromatic rings. The van der Waals surface area contributed by atoms with Crippen LogP contribution in [0, 0.1) is 0 Å². The number of allylic oxidation sites excluding steroid dienone is 1. The van der Waals surface area contributed by atoms with Crippen molar-refractivity contribution in [3.63, 3.8) is 0 Å². The molecule has 0 aromatic heterocycles. The molecule has 0 saturated carbocycles. The van der Waals surface area contributed by atoms with E-state index in [2.05, 4.69) is 11.7 Å². The fourth-order valence-electron chi connectivity index (χ4n) is 0.0745. The Bertz CT molecular complexity index is 106. The Hall–Kier alpha value is -0.990. The number of aliphatic hydroxyl groups excluding tert-OH is 1. The second kappa shape index (κ2) is 2.23. The quantitative estimate of drug-likeness (QED) is 0.217. The van der Waals surface area contributed by atoms with E-state index >= 15 is 0 Å². The van der Waals surface area contributed by atoms with E-state index in [-0.39, 0.29) is 5.76 Å². The van der Waals surface area contributed by atoms with Gasteiger partial charge in [0.15, 0.2) is 0 Å². The van der Waals surface area contributed by atoms with Crippen LogP contribution >= 0.6 is 0 Å². The van der Waals surface area contributed by atoms with Crippen LogP contribution in [0.3, 0.4) is 0 Å². The van der Waals surface area contributed by atoms with Crippen molar-refractivity contribution in [1.82, 2.24) is 0 Å². The maximum atomic E-state index is 8.42. The van der Waals surface area contributed by atoms with Crippen LogP contribution in [0.1, 0.15) is 6.92 Å². The van der Waals surface area contributed by atoms with Crippen molar-refractivity contribution >= 4 is 5.71 Å². The molecule has 0 aliphatic heterocycles. The molecule has 0 aliphatic rings. The summed E-state index contributed by atoms with van der Waals surface area (Å²) in [4.78, 5) is 0. The lowest BCUT2D eigenvalue weighted by Gasteiger charge is -1.89. The monoisotopic (exact) mass is 100 g/mol. The van der Waals surface area contributed by atoms with Crippen molar-refractivity contribution < 1.29 is 5.11 Å². The molecule has 0 spiro atoms. The van der Waals surface area contributed by atoms with Gasteiger partial charge in [-0.2, -0.15) is 5.10 Å². The highest BCUT2D eigenvalue weighted by Crippen LogP contribution is 1.83. The Labute approximate surface area is 42.1 Å². The zero-order valence-electron chi connectivity index (χ0n) is 4.18. The summed E-state index contributed by atoms with van der Waals surface area (Å²) in [6.45, 7) is 4.74. The van der Waals surface area contributed by atoms with E-state index in [4.69, 9.17) is 10.9 Å². The fourth-order valence-corrected chi connectivity index (χ4v) is 0.0745. The van der Waals surface area contributed by atoms with Crippen molar-refractivity contribution in [2.75, 3.05) is 0 Å². The van der Waals surface area contributed by atoms with Crippen molar-refractivity contribution in [1.29, 1.82) is 0 Å². The van der Waals surface area contributed by atoms with Gasteiger partial charge >= 0.3 is 0 Å². The molecule has 0 aromatic carbocycles. The van der Waals surface area contributed by atoms with Gasteiger partial charge in [0, 0.05) is 0 Å². The van der Waals surface area contributed by atoms with Crippen LogP contribution in [-0.2, 0) is 0 Å². The average molecular weight is 100 g/mol. The van der Waals surface area contributed by atoms with E-state index in [9.17, 15) is 0 Å². The van der Waals surface area contributed by atoms with Crippen molar-refractivity contribution in [3.05, 3.63) is 12.3 Å². The van der Waals surface area contributed by atoms with E-state index in [1.807, 2.05) is 0 Å². The zero-order chi connectivity index (χ0) is 5.86. The largest absolute Gasteiger partial charge is 0.507 e. The topological polar surface area (TPSA) is 58.6 Å². The Morgan fingerprint density at radius 3 is 2.29 bits per heavy atom. The molecule has 0 rings (SSSR count). The SMILES string of the molecule is C=C(O)/C(C)=N\N. The van der Waals surface area contributed by atoms with Crippen LogP contribution < -0.4 is 5.84 Å². The van der Waals surface area contributed by atoms with Gasteiger partial charge in [0.25, 0.3) is 0 Å². The minimum Gasteiger partial charge on any atom is -0.507 e. The number of hydrazone groups is 1. The summed E-state index contributed by atoms with van der Waals surface area (Å²) in [6, 6.07) is 0. The molecular formula is C4H8N2O. The molecule has 0 amide bonds. The molecule has 3 nitrogen and oxygen atoms in total. The van der Waals surface area contributed by atoms with Crippen LogP contribution in [0.15, 0.2) is 17.4 Å². The number of nitrogens with two attached hydrogens (primary N) is 1. The maximum Gasteiger partial charge on any atom is 0.131 e. The van der Waals surface area contributed by atoms with Gasteiger partial charge in [0.1, 0.15) is 5.76 Å². The summed E-state index contributed by atoms with van der Waals surface area (Å²) < 4.78 is 0. The van der Waals surface area contributed by atoms with Crippen LogP contribution in [-0.4, -0.2) is 10.8 Å². The molecule has 0 saturated heterocycles. The average Bonchev–Trinajstić information content (AvgIpc) is 1.65. The first kappa shape index (κ1) is 6.01. The van der Waals surface area contributed by atoms with Crippen molar-refractivity contribution in [2.24, 2.45) is 10.9 Å². The second-order valence-corrected chi connectivity index (χ2v) is 1.16. The Balaban J connectivity index is 3.82. The van der Waals surface area contributed by atoms with E-state index in [1.54, 1.807) is 6.92 Å². The normalized spacial score (nSPS) is 11.3. The summed E-state index contributed by atoms with van der Waals surface area (Å²) in [7, 11) is 0. The van der Waals surface area contributed by atoms with Gasteiger partial charge in [-0.05, 0) is 6.92 Å². The third kappa shape index (κ3) is 1.81. The van der Waals surface area contributed by atoms with E-state index < -0.39 is 0 Å². The highest BCUT2D eigenvalue weighted by Gasteiger charge is 1.88. The second-order valence-electron chi connectivity index (χ2n) is 1.16. The van der Waals surface area contributed by atoms with Gasteiger partial charge in [-0.1, -0.05) is 6.58 Å². The molecule has 0 aliphatic carbocycles. The lowest BCUT2D eigenvalue weighted by Crippen LogP contribution is -1.97. The van der Waals surface area contributed by atoms with Gasteiger partial charge in [0.05, 0.1) is 5.71 Å². The minimum atomic E-state index is -0.0810. The number of aliphatic hydroxyl groups is 1. The lowest BCUT2D eigenvalue weighted by atomic mass is 10.4. The summed E-state index contributed by atoms with van der Waals surface area (Å²) in [6.07, 6.45) is 0. The lowest BCUT2D eigenvalue weighted by molar-refractivity contribution is 0.445. The predicted molar refractivity (Wildman–Crippen MR) is 29.1 cm³/mol. The van der Waals surface area contributed by atoms with E-state index in [0.717, 1.165) is 0 Å². The van der Waals surface area contributed by atoms with Crippen LogP contribution in [0.25, 0.3) is 0 Å². The first-order chi connectivity index (χ1) is 3.18. The van der Waals surface area contributed by atoms with E-state index in [0.29, 0.717) is 5.71 Å². The van der Waals surface area contributed by atoms with E-state index in [1.165, 1.54) is 0 Å². The van der Waals surface area contributed by atoms with Gasteiger partial charge < -0.3 is 10.9 Å². The molecule has 0 heterocycles. The minimum absolute atomic E-state index is 0.0810. The zero-order valence-corrected chi connectivity index (χ0v) is 4.18.